The van der Waals surface area contributed by atoms with Gasteiger partial charge in [-0.15, -0.1) is 0 Å². The minimum Gasteiger partial charge on any atom is -0.438 e. The number of pyridine rings is 1. The zero-order valence-electron chi connectivity index (χ0n) is 13.9. The number of carbonyl (C=O) groups is 1. The van der Waals surface area contributed by atoms with E-state index in [1.807, 2.05) is 6.07 Å². The Morgan fingerprint density at radius 1 is 1.07 bits per heavy atom. The first-order valence-electron chi connectivity index (χ1n) is 7.91. The number of nitrogens with one attached hydrogen (secondary N) is 1. The van der Waals surface area contributed by atoms with Crippen LogP contribution in [-0.4, -0.2) is 10.9 Å². The quantitative estimate of drug-likeness (QED) is 0.743. The van der Waals surface area contributed by atoms with Crippen molar-refractivity contribution in [1.29, 1.82) is 5.26 Å². The molecule has 3 aromatic rings. The normalized spacial score (nSPS) is 10.1. The first-order chi connectivity index (χ1) is 13.0. The van der Waals surface area contributed by atoms with E-state index in [9.17, 15) is 13.6 Å². The van der Waals surface area contributed by atoms with E-state index in [1.54, 1.807) is 24.3 Å². The number of ether oxygens (including phenoxy) is 1. The lowest BCUT2D eigenvalue weighted by Crippen LogP contribution is -2.23. The molecule has 0 unspecified atom stereocenters. The molecule has 1 heterocycles. The summed E-state index contributed by atoms with van der Waals surface area (Å²) < 4.78 is 32.0. The van der Waals surface area contributed by atoms with Gasteiger partial charge >= 0.3 is 0 Å². The highest BCUT2D eigenvalue weighted by atomic mass is 19.1. The van der Waals surface area contributed by atoms with Crippen molar-refractivity contribution in [3.8, 4) is 17.7 Å². The fraction of sp³-hybridized carbons (Fsp3) is 0.0500. The molecule has 134 valence electrons. The molecule has 0 saturated heterocycles. The van der Waals surface area contributed by atoms with Gasteiger partial charge in [0.2, 0.25) is 5.88 Å². The van der Waals surface area contributed by atoms with E-state index in [0.717, 1.165) is 17.8 Å². The summed E-state index contributed by atoms with van der Waals surface area (Å²) in [6, 6.07) is 14.8. The molecule has 0 spiro atoms. The molecule has 7 heteroatoms. The molecule has 1 N–H and O–H groups in total. The number of carbonyl (C=O) groups excluding carboxylic acids is 1. The summed E-state index contributed by atoms with van der Waals surface area (Å²) in [5.41, 5.74) is 1.19. The Hall–Kier alpha value is -3.79. The molecule has 1 aromatic heterocycles. The predicted molar refractivity (Wildman–Crippen MR) is 93.0 cm³/mol. The van der Waals surface area contributed by atoms with Gasteiger partial charge in [0.1, 0.15) is 22.9 Å². The standard InChI is InChI=1S/C20H13F2N3O2/c21-15-5-7-17(8-6-15)27-20-18(9-16(22)12-25-20)19(26)24-11-14-3-1-13(10-23)2-4-14/h1-9,12H,11H2,(H,24,26). The number of nitrogens with zero attached hydrogens (tertiary/aromatic N) is 2. The van der Waals surface area contributed by atoms with Crippen LogP contribution in [-0.2, 0) is 6.54 Å². The average molecular weight is 365 g/mol. The Labute approximate surface area is 153 Å². The van der Waals surface area contributed by atoms with Gasteiger partial charge in [-0.05, 0) is 48.0 Å². The van der Waals surface area contributed by atoms with E-state index in [4.69, 9.17) is 10.00 Å². The summed E-state index contributed by atoms with van der Waals surface area (Å²) in [6.45, 7) is 0.178. The average Bonchev–Trinajstić information content (AvgIpc) is 2.69. The van der Waals surface area contributed by atoms with Crippen molar-refractivity contribution in [2.24, 2.45) is 0 Å². The van der Waals surface area contributed by atoms with Gasteiger partial charge in [0.25, 0.3) is 5.91 Å². The lowest BCUT2D eigenvalue weighted by atomic mass is 10.1. The molecule has 0 radical (unpaired) electrons. The summed E-state index contributed by atoms with van der Waals surface area (Å²) in [6.07, 6.45) is 0.927. The lowest BCUT2D eigenvalue weighted by molar-refractivity contribution is 0.0947. The number of aromatic nitrogens is 1. The van der Waals surface area contributed by atoms with Gasteiger partial charge in [-0.1, -0.05) is 12.1 Å². The Kier molecular flexibility index (Phi) is 5.38. The van der Waals surface area contributed by atoms with Crippen LogP contribution in [0, 0.1) is 23.0 Å². The van der Waals surface area contributed by atoms with Crippen LogP contribution in [0.2, 0.25) is 0 Å². The third-order valence-electron chi connectivity index (χ3n) is 3.63. The highest BCUT2D eigenvalue weighted by Crippen LogP contribution is 2.24. The summed E-state index contributed by atoms with van der Waals surface area (Å²) in [5, 5.41) is 11.4. The number of amides is 1. The smallest absolute Gasteiger partial charge is 0.257 e. The summed E-state index contributed by atoms with van der Waals surface area (Å²) >= 11 is 0. The van der Waals surface area contributed by atoms with Crippen molar-refractivity contribution < 1.29 is 18.3 Å². The minimum atomic E-state index is -0.690. The molecule has 27 heavy (non-hydrogen) atoms. The Bertz CT molecular complexity index is 997. The van der Waals surface area contributed by atoms with Crippen molar-refractivity contribution in [2.75, 3.05) is 0 Å². The van der Waals surface area contributed by atoms with Gasteiger partial charge < -0.3 is 10.1 Å². The SMILES string of the molecule is N#Cc1ccc(CNC(=O)c2cc(F)cnc2Oc2ccc(F)cc2)cc1. The Morgan fingerprint density at radius 2 is 1.78 bits per heavy atom. The number of hydrogen-bond donors (Lipinski definition) is 1. The number of nitriles is 1. The maximum atomic E-state index is 13.6. The van der Waals surface area contributed by atoms with Crippen molar-refractivity contribution in [3.63, 3.8) is 0 Å². The second-order valence-corrected chi connectivity index (χ2v) is 5.55. The Morgan fingerprint density at radius 3 is 2.44 bits per heavy atom. The number of halogens is 2. The maximum Gasteiger partial charge on any atom is 0.257 e. The third-order valence-corrected chi connectivity index (χ3v) is 3.63. The third kappa shape index (κ3) is 4.64. The molecule has 0 atom stereocenters. The molecule has 1 amide bonds. The molecule has 0 aliphatic carbocycles. The molecule has 2 aromatic carbocycles. The molecular weight excluding hydrogens is 352 g/mol. The first kappa shape index (κ1) is 18.0. The van der Waals surface area contributed by atoms with E-state index in [0.29, 0.717) is 5.56 Å². The van der Waals surface area contributed by atoms with Gasteiger partial charge in [-0.3, -0.25) is 4.79 Å². The van der Waals surface area contributed by atoms with E-state index >= 15 is 0 Å². The summed E-state index contributed by atoms with van der Waals surface area (Å²) in [4.78, 5) is 16.3. The van der Waals surface area contributed by atoms with Crippen molar-refractivity contribution in [2.45, 2.75) is 6.54 Å². The van der Waals surface area contributed by atoms with Crippen LogP contribution >= 0.6 is 0 Å². The van der Waals surface area contributed by atoms with E-state index in [2.05, 4.69) is 10.3 Å². The Balaban J connectivity index is 1.75. The second kappa shape index (κ2) is 8.06. The molecule has 0 saturated carbocycles. The second-order valence-electron chi connectivity index (χ2n) is 5.55. The first-order valence-corrected chi connectivity index (χ1v) is 7.91. The zero-order chi connectivity index (χ0) is 19.2. The van der Waals surface area contributed by atoms with Crippen LogP contribution in [0.25, 0.3) is 0 Å². The molecule has 0 fully saturated rings. The van der Waals surface area contributed by atoms with Gasteiger partial charge in [0, 0.05) is 6.54 Å². The highest BCUT2D eigenvalue weighted by molar-refractivity contribution is 5.96. The maximum absolute atomic E-state index is 13.6. The molecule has 5 nitrogen and oxygen atoms in total. The van der Waals surface area contributed by atoms with Crippen molar-refractivity contribution in [3.05, 3.63) is 89.1 Å². The highest BCUT2D eigenvalue weighted by Gasteiger charge is 2.16. The number of hydrogen-bond acceptors (Lipinski definition) is 4. The minimum absolute atomic E-state index is 0.0898. The predicted octanol–water partition coefficient (Wildman–Crippen LogP) is 3.95. The fourth-order valence-electron chi connectivity index (χ4n) is 2.26. The number of benzene rings is 2. The van der Waals surface area contributed by atoms with Crippen molar-refractivity contribution >= 4 is 5.91 Å². The molecular formula is C20H13F2N3O2. The fourth-order valence-corrected chi connectivity index (χ4v) is 2.26. The van der Waals surface area contributed by atoms with Crippen LogP contribution in [0.1, 0.15) is 21.5 Å². The zero-order valence-corrected chi connectivity index (χ0v) is 13.9. The molecule has 3 rings (SSSR count). The lowest BCUT2D eigenvalue weighted by Gasteiger charge is -2.11. The van der Waals surface area contributed by atoms with Crippen LogP contribution in [0.5, 0.6) is 11.6 Å². The number of rotatable bonds is 5. The van der Waals surface area contributed by atoms with Crippen LogP contribution < -0.4 is 10.1 Å². The monoisotopic (exact) mass is 365 g/mol. The van der Waals surface area contributed by atoms with Gasteiger partial charge in [0.05, 0.1) is 17.8 Å². The molecule has 0 aliphatic heterocycles. The van der Waals surface area contributed by atoms with Gasteiger partial charge in [0.15, 0.2) is 0 Å². The van der Waals surface area contributed by atoms with Crippen LogP contribution in [0.3, 0.4) is 0 Å². The van der Waals surface area contributed by atoms with Crippen molar-refractivity contribution in [1.82, 2.24) is 10.3 Å². The largest absolute Gasteiger partial charge is 0.438 e. The van der Waals surface area contributed by atoms with E-state index in [-0.39, 0.29) is 23.7 Å². The van der Waals surface area contributed by atoms with Crippen LogP contribution in [0.4, 0.5) is 8.78 Å². The molecule has 0 bridgehead atoms. The van der Waals surface area contributed by atoms with Gasteiger partial charge in [-0.2, -0.15) is 5.26 Å². The van der Waals surface area contributed by atoms with Gasteiger partial charge in [-0.25, -0.2) is 13.8 Å². The van der Waals surface area contributed by atoms with Crippen LogP contribution in [0.15, 0.2) is 60.8 Å². The van der Waals surface area contributed by atoms with E-state index < -0.39 is 17.5 Å². The molecule has 0 aliphatic rings. The topological polar surface area (TPSA) is 75.0 Å². The summed E-state index contributed by atoms with van der Waals surface area (Å²) in [5.74, 6) is -1.54. The summed E-state index contributed by atoms with van der Waals surface area (Å²) in [7, 11) is 0. The van der Waals surface area contributed by atoms with E-state index in [1.165, 1.54) is 24.3 Å².